The van der Waals surface area contributed by atoms with Gasteiger partial charge in [0.2, 0.25) is 0 Å². The Labute approximate surface area is 158 Å². The highest BCUT2D eigenvalue weighted by atomic mass is 19.2. The minimum Gasteiger partial charge on any atom is -0.488 e. The molecule has 0 aliphatic carbocycles. The Bertz CT molecular complexity index is 732. The van der Waals surface area contributed by atoms with Crippen molar-refractivity contribution in [3.63, 3.8) is 0 Å². The SMILES string of the molecule is C=CCOOCCOCC(C)Oc1ccc(-c2ccc(C)c(F)c2F)cc1. The Balaban J connectivity index is 1.82. The fourth-order valence-electron chi connectivity index (χ4n) is 2.35. The van der Waals surface area contributed by atoms with Crippen LogP contribution in [0, 0.1) is 18.6 Å². The second-order valence-corrected chi connectivity index (χ2v) is 5.98. The summed E-state index contributed by atoms with van der Waals surface area (Å²) in [4.78, 5) is 9.64. The van der Waals surface area contributed by atoms with Crippen LogP contribution < -0.4 is 4.74 Å². The maximum atomic E-state index is 14.1. The lowest BCUT2D eigenvalue weighted by Crippen LogP contribution is -2.20. The van der Waals surface area contributed by atoms with E-state index in [0.717, 1.165) is 0 Å². The highest BCUT2D eigenvalue weighted by Crippen LogP contribution is 2.28. The molecule has 4 nitrogen and oxygen atoms in total. The van der Waals surface area contributed by atoms with Crippen molar-refractivity contribution in [2.75, 3.05) is 26.4 Å². The molecule has 0 aliphatic heterocycles. The van der Waals surface area contributed by atoms with Crippen molar-refractivity contribution in [2.45, 2.75) is 20.0 Å². The van der Waals surface area contributed by atoms with Crippen LogP contribution in [0.15, 0.2) is 49.1 Å². The van der Waals surface area contributed by atoms with Crippen molar-refractivity contribution >= 4 is 0 Å². The minimum atomic E-state index is -0.843. The maximum absolute atomic E-state index is 14.1. The Morgan fingerprint density at radius 3 is 2.44 bits per heavy atom. The van der Waals surface area contributed by atoms with E-state index >= 15 is 0 Å². The Hall–Kier alpha value is -2.28. The van der Waals surface area contributed by atoms with Gasteiger partial charge in [0, 0.05) is 5.56 Å². The van der Waals surface area contributed by atoms with Gasteiger partial charge in [0.15, 0.2) is 11.6 Å². The first-order chi connectivity index (χ1) is 13.0. The lowest BCUT2D eigenvalue weighted by Gasteiger charge is -2.15. The molecule has 0 aromatic heterocycles. The van der Waals surface area contributed by atoms with E-state index in [9.17, 15) is 8.78 Å². The van der Waals surface area contributed by atoms with Crippen molar-refractivity contribution < 1.29 is 28.0 Å². The highest BCUT2D eigenvalue weighted by Gasteiger charge is 2.13. The normalized spacial score (nSPS) is 12.0. The van der Waals surface area contributed by atoms with Gasteiger partial charge in [-0.25, -0.2) is 18.6 Å². The second-order valence-electron chi connectivity index (χ2n) is 5.98. The molecule has 27 heavy (non-hydrogen) atoms. The van der Waals surface area contributed by atoms with E-state index in [1.165, 1.54) is 6.92 Å². The zero-order chi connectivity index (χ0) is 19.6. The van der Waals surface area contributed by atoms with Crippen LogP contribution in [0.5, 0.6) is 5.75 Å². The number of hydrogen-bond donors (Lipinski definition) is 0. The van der Waals surface area contributed by atoms with Crippen molar-refractivity contribution in [1.82, 2.24) is 0 Å². The molecule has 0 bridgehead atoms. The third-order valence-corrected chi connectivity index (χ3v) is 3.71. The Morgan fingerprint density at radius 2 is 1.74 bits per heavy atom. The number of halogens is 2. The van der Waals surface area contributed by atoms with Crippen molar-refractivity contribution in [2.24, 2.45) is 0 Å². The van der Waals surface area contributed by atoms with Crippen LogP contribution in [0.4, 0.5) is 8.78 Å². The second kappa shape index (κ2) is 10.8. The molecule has 0 saturated heterocycles. The molecule has 6 heteroatoms. The van der Waals surface area contributed by atoms with Gasteiger partial charge in [0.05, 0.1) is 13.2 Å². The molecular weight excluding hydrogens is 354 g/mol. The molecule has 2 rings (SSSR count). The van der Waals surface area contributed by atoms with Gasteiger partial charge < -0.3 is 9.47 Å². The van der Waals surface area contributed by atoms with Crippen LogP contribution in [0.2, 0.25) is 0 Å². The summed E-state index contributed by atoms with van der Waals surface area (Å²) >= 11 is 0. The lowest BCUT2D eigenvalue weighted by atomic mass is 10.0. The highest BCUT2D eigenvalue weighted by molar-refractivity contribution is 5.65. The summed E-state index contributed by atoms with van der Waals surface area (Å²) in [5.74, 6) is -1.05. The molecule has 2 aromatic rings. The summed E-state index contributed by atoms with van der Waals surface area (Å²) in [5, 5.41) is 0. The standard InChI is InChI=1S/C21H24F2O4/c1-4-11-25-26-13-12-24-14-16(3)27-18-8-6-17(7-9-18)19-10-5-15(2)20(22)21(19)23/h4-10,16H,1,11-14H2,2-3H3. The number of hydrogen-bond acceptors (Lipinski definition) is 4. The molecule has 0 fully saturated rings. The predicted molar refractivity (Wildman–Crippen MR) is 99.5 cm³/mol. The number of ether oxygens (including phenoxy) is 2. The largest absolute Gasteiger partial charge is 0.488 e. The van der Waals surface area contributed by atoms with Gasteiger partial charge in [-0.15, -0.1) is 6.58 Å². The summed E-state index contributed by atoms with van der Waals surface area (Å²) in [6, 6.07) is 9.96. The van der Waals surface area contributed by atoms with Gasteiger partial charge in [-0.3, -0.25) is 0 Å². The average molecular weight is 378 g/mol. The van der Waals surface area contributed by atoms with E-state index in [4.69, 9.17) is 19.2 Å². The van der Waals surface area contributed by atoms with E-state index in [2.05, 4.69) is 6.58 Å². The van der Waals surface area contributed by atoms with Crippen LogP contribution in [-0.4, -0.2) is 32.5 Å². The van der Waals surface area contributed by atoms with Crippen molar-refractivity contribution in [1.29, 1.82) is 0 Å². The molecule has 0 radical (unpaired) electrons. The first-order valence-electron chi connectivity index (χ1n) is 8.67. The van der Waals surface area contributed by atoms with Gasteiger partial charge >= 0.3 is 0 Å². The van der Waals surface area contributed by atoms with E-state index in [-0.39, 0.29) is 17.2 Å². The molecule has 0 aliphatic rings. The monoisotopic (exact) mass is 378 g/mol. The van der Waals surface area contributed by atoms with Crippen LogP contribution in [0.25, 0.3) is 11.1 Å². The Morgan fingerprint density at radius 1 is 1.00 bits per heavy atom. The van der Waals surface area contributed by atoms with Crippen LogP contribution in [-0.2, 0) is 14.5 Å². The summed E-state index contributed by atoms with van der Waals surface area (Å²) in [5.41, 5.74) is 1.08. The lowest BCUT2D eigenvalue weighted by molar-refractivity contribution is -0.291. The van der Waals surface area contributed by atoms with Crippen molar-refractivity contribution in [3.8, 4) is 16.9 Å². The molecule has 146 valence electrons. The van der Waals surface area contributed by atoms with Crippen LogP contribution >= 0.6 is 0 Å². The molecule has 0 N–H and O–H groups in total. The van der Waals surface area contributed by atoms with Gasteiger partial charge in [-0.2, -0.15) is 0 Å². The number of benzene rings is 2. The maximum Gasteiger partial charge on any atom is 0.166 e. The van der Waals surface area contributed by atoms with Crippen LogP contribution in [0.3, 0.4) is 0 Å². The summed E-state index contributed by atoms with van der Waals surface area (Å²) in [7, 11) is 0. The van der Waals surface area contributed by atoms with E-state index in [0.29, 0.717) is 37.7 Å². The first kappa shape index (κ1) is 21.0. The van der Waals surface area contributed by atoms with E-state index < -0.39 is 11.6 Å². The first-order valence-corrected chi connectivity index (χ1v) is 8.67. The summed E-state index contributed by atoms with van der Waals surface area (Å²) in [6.07, 6.45) is 1.41. The molecule has 1 unspecified atom stereocenters. The van der Waals surface area contributed by atoms with Gasteiger partial charge in [-0.1, -0.05) is 30.3 Å². The van der Waals surface area contributed by atoms with Gasteiger partial charge in [0.25, 0.3) is 0 Å². The van der Waals surface area contributed by atoms with Gasteiger partial charge in [0.1, 0.15) is 25.1 Å². The third kappa shape index (κ3) is 6.43. The molecule has 0 saturated carbocycles. The number of rotatable bonds is 11. The Kier molecular flexibility index (Phi) is 8.39. The molecular formula is C21H24F2O4. The smallest absolute Gasteiger partial charge is 0.166 e. The minimum absolute atomic E-state index is 0.182. The summed E-state index contributed by atoms with van der Waals surface area (Å²) < 4.78 is 39.0. The zero-order valence-electron chi connectivity index (χ0n) is 15.5. The average Bonchev–Trinajstić information content (AvgIpc) is 2.66. The molecule has 0 spiro atoms. The summed E-state index contributed by atoms with van der Waals surface area (Å²) in [6.45, 7) is 8.31. The van der Waals surface area contributed by atoms with E-state index in [1.807, 2.05) is 6.92 Å². The van der Waals surface area contributed by atoms with Gasteiger partial charge in [-0.05, 0) is 37.1 Å². The fourth-order valence-corrected chi connectivity index (χ4v) is 2.35. The third-order valence-electron chi connectivity index (χ3n) is 3.71. The van der Waals surface area contributed by atoms with Crippen LogP contribution in [0.1, 0.15) is 12.5 Å². The fraction of sp³-hybridized carbons (Fsp3) is 0.333. The quantitative estimate of drug-likeness (QED) is 0.242. The predicted octanol–water partition coefficient (Wildman–Crippen LogP) is 4.86. The zero-order valence-corrected chi connectivity index (χ0v) is 15.5. The molecule has 2 aromatic carbocycles. The van der Waals surface area contributed by atoms with Crippen molar-refractivity contribution in [3.05, 3.63) is 66.3 Å². The molecule has 1 atom stereocenters. The molecule has 0 heterocycles. The van der Waals surface area contributed by atoms with E-state index in [1.54, 1.807) is 42.5 Å². The number of aryl methyl sites for hydroxylation is 1. The topological polar surface area (TPSA) is 36.9 Å². The molecule has 0 amide bonds.